The van der Waals surface area contributed by atoms with Crippen LogP contribution in [-0.4, -0.2) is 25.5 Å². The highest BCUT2D eigenvalue weighted by molar-refractivity contribution is 6.31. The van der Waals surface area contributed by atoms with E-state index in [0.29, 0.717) is 10.7 Å². The average molecular weight is 319 g/mol. The molecule has 0 heterocycles. The Bertz CT molecular complexity index is 689. The quantitative estimate of drug-likeness (QED) is 0.695. The minimum absolute atomic E-state index is 0.141. The van der Waals surface area contributed by atoms with Crippen LogP contribution in [0.25, 0.3) is 0 Å². The highest BCUT2D eigenvalue weighted by Crippen LogP contribution is 2.19. The van der Waals surface area contributed by atoms with Crippen LogP contribution in [0, 0.1) is 0 Å². The minimum Gasteiger partial charge on any atom is -0.452 e. The van der Waals surface area contributed by atoms with Crippen LogP contribution in [0.4, 0.5) is 11.4 Å². The summed E-state index contributed by atoms with van der Waals surface area (Å²) in [5.74, 6) is -1.03. The molecule has 0 spiro atoms. The summed E-state index contributed by atoms with van der Waals surface area (Å²) in [4.78, 5) is 25.4. The number of carbonyl (C=O) groups is 2. The Kier molecular flexibility index (Phi) is 5.01. The molecule has 1 amide bonds. The van der Waals surface area contributed by atoms with Gasteiger partial charge in [-0.2, -0.15) is 0 Å². The number of hydrogen-bond acceptors (Lipinski definition) is 4. The summed E-state index contributed by atoms with van der Waals surface area (Å²) in [5.41, 5.74) is 6.80. The Morgan fingerprint density at radius 2 is 1.86 bits per heavy atom. The highest BCUT2D eigenvalue weighted by Gasteiger charge is 2.16. The van der Waals surface area contributed by atoms with Gasteiger partial charge in [-0.1, -0.05) is 29.8 Å². The number of nitrogen functional groups attached to an aromatic ring is 1. The van der Waals surface area contributed by atoms with Crippen LogP contribution in [0.15, 0.2) is 48.5 Å². The SMILES string of the molecule is CN(C(=O)COC(=O)c1cc(Cl)ccc1N)c1ccccc1. The summed E-state index contributed by atoms with van der Waals surface area (Å²) in [6.07, 6.45) is 0. The van der Waals surface area contributed by atoms with E-state index in [2.05, 4.69) is 0 Å². The van der Waals surface area contributed by atoms with Crippen molar-refractivity contribution in [2.24, 2.45) is 0 Å². The molecule has 2 N–H and O–H groups in total. The number of nitrogens with two attached hydrogens (primary N) is 1. The van der Waals surface area contributed by atoms with Crippen LogP contribution in [0.1, 0.15) is 10.4 Å². The molecule has 0 unspecified atom stereocenters. The van der Waals surface area contributed by atoms with E-state index in [1.54, 1.807) is 25.2 Å². The fraction of sp³-hybridized carbons (Fsp3) is 0.125. The first-order valence-electron chi connectivity index (χ1n) is 6.53. The van der Waals surface area contributed by atoms with Crippen molar-refractivity contribution in [3.63, 3.8) is 0 Å². The van der Waals surface area contributed by atoms with Crippen LogP contribution in [0.5, 0.6) is 0 Å². The van der Waals surface area contributed by atoms with Gasteiger partial charge in [-0.15, -0.1) is 0 Å². The number of esters is 1. The third-order valence-electron chi connectivity index (χ3n) is 3.08. The van der Waals surface area contributed by atoms with Crippen molar-refractivity contribution in [3.8, 4) is 0 Å². The van der Waals surface area contributed by atoms with E-state index in [-0.39, 0.29) is 23.8 Å². The lowest BCUT2D eigenvalue weighted by Crippen LogP contribution is -2.31. The number of halogens is 1. The topological polar surface area (TPSA) is 72.6 Å². The van der Waals surface area contributed by atoms with Crippen molar-refractivity contribution in [3.05, 3.63) is 59.1 Å². The largest absolute Gasteiger partial charge is 0.452 e. The second-order valence-corrected chi connectivity index (χ2v) is 5.03. The molecule has 2 aromatic carbocycles. The molecule has 114 valence electrons. The van der Waals surface area contributed by atoms with Crippen molar-refractivity contribution < 1.29 is 14.3 Å². The van der Waals surface area contributed by atoms with Gasteiger partial charge in [0.15, 0.2) is 6.61 Å². The Morgan fingerprint density at radius 1 is 1.18 bits per heavy atom. The third kappa shape index (κ3) is 3.77. The molecule has 0 aliphatic rings. The maximum Gasteiger partial charge on any atom is 0.340 e. The van der Waals surface area contributed by atoms with Crippen molar-refractivity contribution >= 4 is 34.9 Å². The zero-order valence-electron chi connectivity index (χ0n) is 12.0. The van der Waals surface area contributed by atoms with Crippen molar-refractivity contribution in [1.29, 1.82) is 0 Å². The van der Waals surface area contributed by atoms with Crippen LogP contribution in [-0.2, 0) is 9.53 Å². The van der Waals surface area contributed by atoms with Crippen LogP contribution in [0.2, 0.25) is 5.02 Å². The smallest absolute Gasteiger partial charge is 0.340 e. The minimum atomic E-state index is -0.685. The Hall–Kier alpha value is -2.53. The van der Waals surface area contributed by atoms with Crippen molar-refractivity contribution in [2.45, 2.75) is 0 Å². The van der Waals surface area contributed by atoms with Gasteiger partial charge < -0.3 is 15.4 Å². The highest BCUT2D eigenvalue weighted by atomic mass is 35.5. The fourth-order valence-electron chi connectivity index (χ4n) is 1.80. The van der Waals surface area contributed by atoms with Crippen LogP contribution >= 0.6 is 11.6 Å². The fourth-order valence-corrected chi connectivity index (χ4v) is 1.97. The van der Waals surface area contributed by atoms with Crippen LogP contribution < -0.4 is 10.6 Å². The summed E-state index contributed by atoms with van der Waals surface area (Å²) in [7, 11) is 1.61. The normalized spacial score (nSPS) is 10.1. The number of rotatable bonds is 4. The summed E-state index contributed by atoms with van der Waals surface area (Å²) < 4.78 is 5.00. The maximum absolute atomic E-state index is 12.0. The number of amides is 1. The first-order valence-corrected chi connectivity index (χ1v) is 6.90. The third-order valence-corrected chi connectivity index (χ3v) is 3.31. The molecule has 0 saturated carbocycles. The molecule has 0 atom stereocenters. The van der Waals surface area contributed by atoms with Gasteiger partial charge in [0.2, 0.25) is 0 Å². The number of carbonyl (C=O) groups excluding carboxylic acids is 2. The molecule has 0 aliphatic heterocycles. The van der Waals surface area contributed by atoms with E-state index in [9.17, 15) is 9.59 Å². The molecule has 2 aromatic rings. The van der Waals surface area contributed by atoms with E-state index < -0.39 is 5.97 Å². The molecule has 0 radical (unpaired) electrons. The number of likely N-dealkylation sites (N-methyl/N-ethyl adjacent to an activating group) is 1. The Morgan fingerprint density at radius 3 is 2.55 bits per heavy atom. The summed E-state index contributed by atoms with van der Waals surface area (Å²) in [6, 6.07) is 13.5. The molecule has 0 fully saturated rings. The van der Waals surface area contributed by atoms with Gasteiger partial charge >= 0.3 is 5.97 Å². The number of nitrogens with zero attached hydrogens (tertiary/aromatic N) is 1. The number of ether oxygens (including phenoxy) is 1. The molecule has 0 saturated heterocycles. The van der Waals surface area contributed by atoms with E-state index in [1.165, 1.54) is 17.0 Å². The lowest BCUT2D eigenvalue weighted by atomic mass is 10.2. The molecular weight excluding hydrogens is 304 g/mol. The number of para-hydroxylation sites is 1. The molecule has 6 heteroatoms. The molecule has 2 rings (SSSR count). The lowest BCUT2D eigenvalue weighted by molar-refractivity contribution is -0.121. The van der Waals surface area contributed by atoms with Gasteiger partial charge in [-0.25, -0.2) is 4.79 Å². The Balaban J connectivity index is 1.99. The molecule has 22 heavy (non-hydrogen) atoms. The first-order chi connectivity index (χ1) is 10.5. The predicted molar refractivity (Wildman–Crippen MR) is 86.0 cm³/mol. The number of anilines is 2. The van der Waals surface area contributed by atoms with E-state index >= 15 is 0 Å². The van der Waals surface area contributed by atoms with Gasteiger partial charge in [0.05, 0.1) is 5.56 Å². The summed E-state index contributed by atoms with van der Waals surface area (Å²) in [5, 5.41) is 0.369. The predicted octanol–water partition coefficient (Wildman–Crippen LogP) is 2.74. The second kappa shape index (κ2) is 6.95. The van der Waals surface area contributed by atoms with Crippen LogP contribution in [0.3, 0.4) is 0 Å². The van der Waals surface area contributed by atoms with Gasteiger partial charge in [0.1, 0.15) is 0 Å². The van der Waals surface area contributed by atoms with E-state index in [0.717, 1.165) is 0 Å². The number of benzene rings is 2. The van der Waals surface area contributed by atoms with Gasteiger partial charge in [-0.05, 0) is 30.3 Å². The monoisotopic (exact) mass is 318 g/mol. The molecule has 0 aromatic heterocycles. The second-order valence-electron chi connectivity index (χ2n) is 4.60. The first kappa shape index (κ1) is 15.9. The maximum atomic E-state index is 12.0. The zero-order chi connectivity index (χ0) is 16.1. The van der Waals surface area contributed by atoms with E-state index in [4.69, 9.17) is 22.1 Å². The summed E-state index contributed by atoms with van der Waals surface area (Å²) in [6.45, 7) is -0.379. The molecule has 5 nitrogen and oxygen atoms in total. The average Bonchev–Trinajstić information content (AvgIpc) is 2.54. The zero-order valence-corrected chi connectivity index (χ0v) is 12.7. The van der Waals surface area contributed by atoms with Gasteiger partial charge in [0, 0.05) is 23.4 Å². The van der Waals surface area contributed by atoms with Crippen molar-refractivity contribution in [1.82, 2.24) is 0 Å². The lowest BCUT2D eigenvalue weighted by Gasteiger charge is -2.17. The molecule has 0 aliphatic carbocycles. The van der Waals surface area contributed by atoms with E-state index in [1.807, 2.05) is 18.2 Å². The molecule has 0 bridgehead atoms. The summed E-state index contributed by atoms with van der Waals surface area (Å²) >= 11 is 5.82. The number of hydrogen-bond donors (Lipinski definition) is 1. The van der Waals surface area contributed by atoms with Gasteiger partial charge in [0.25, 0.3) is 5.91 Å². The van der Waals surface area contributed by atoms with Gasteiger partial charge in [-0.3, -0.25) is 4.79 Å². The van der Waals surface area contributed by atoms with Crippen molar-refractivity contribution in [2.75, 3.05) is 24.3 Å². The Labute approximate surface area is 133 Å². The molecular formula is C16H15ClN2O3. The standard InChI is InChI=1S/C16H15ClN2O3/c1-19(12-5-3-2-4-6-12)15(20)10-22-16(21)13-9-11(17)7-8-14(13)18/h2-9H,10,18H2,1H3.